The number of nitrogens with one attached hydrogen (secondary N) is 2. The fourth-order valence-electron chi connectivity index (χ4n) is 3.61. The number of rotatable bonds is 5. The van der Waals surface area contributed by atoms with Gasteiger partial charge >= 0.3 is 0 Å². The third-order valence-electron chi connectivity index (χ3n) is 5.12. The average molecular weight is 376 g/mol. The number of aliphatic hydroxyl groups is 1. The van der Waals surface area contributed by atoms with Crippen LogP contribution in [0.5, 0.6) is 0 Å². The number of hydrogen-bond acceptors (Lipinski definition) is 5. The van der Waals surface area contributed by atoms with Crippen molar-refractivity contribution in [3.05, 3.63) is 23.9 Å². The molecule has 26 heavy (non-hydrogen) atoms. The first-order chi connectivity index (χ1) is 12.2. The van der Waals surface area contributed by atoms with Gasteiger partial charge in [-0.3, -0.25) is 9.78 Å². The van der Waals surface area contributed by atoms with E-state index in [-0.39, 0.29) is 11.9 Å². The van der Waals surface area contributed by atoms with Gasteiger partial charge in [0.05, 0.1) is 26.4 Å². The number of thiophene rings is 1. The number of carbonyl (C=O) groups excluding carboxylic acids is 1. The molecule has 5 nitrogen and oxygen atoms in total. The molecule has 1 aliphatic rings. The van der Waals surface area contributed by atoms with Gasteiger partial charge in [0.15, 0.2) is 0 Å². The van der Waals surface area contributed by atoms with Gasteiger partial charge in [-0.05, 0) is 71.4 Å². The van der Waals surface area contributed by atoms with Crippen molar-refractivity contribution < 1.29 is 9.90 Å². The van der Waals surface area contributed by atoms with Crippen molar-refractivity contribution in [1.82, 2.24) is 10.3 Å². The molecule has 6 heteroatoms. The van der Waals surface area contributed by atoms with Crippen molar-refractivity contribution in [2.24, 2.45) is 5.92 Å². The van der Waals surface area contributed by atoms with E-state index in [9.17, 15) is 9.90 Å². The molecule has 0 aliphatic heterocycles. The highest BCUT2D eigenvalue weighted by atomic mass is 32.1. The van der Waals surface area contributed by atoms with E-state index in [1.165, 1.54) is 0 Å². The van der Waals surface area contributed by atoms with Gasteiger partial charge in [-0.2, -0.15) is 0 Å². The van der Waals surface area contributed by atoms with Crippen LogP contribution in [0.2, 0.25) is 0 Å². The van der Waals surface area contributed by atoms with Crippen molar-refractivity contribution in [3.63, 3.8) is 0 Å². The van der Waals surface area contributed by atoms with E-state index in [0.29, 0.717) is 17.5 Å². The molecule has 0 bridgehead atoms. The van der Waals surface area contributed by atoms with Crippen LogP contribution in [0.4, 0.5) is 5.00 Å². The summed E-state index contributed by atoms with van der Waals surface area (Å²) < 4.78 is 1.02. The maximum absolute atomic E-state index is 12.6. The summed E-state index contributed by atoms with van der Waals surface area (Å²) in [7, 11) is 0. The van der Waals surface area contributed by atoms with Gasteiger partial charge in [-0.15, -0.1) is 11.3 Å². The first-order valence-corrected chi connectivity index (χ1v) is 10.2. The van der Waals surface area contributed by atoms with E-state index in [2.05, 4.69) is 29.5 Å². The van der Waals surface area contributed by atoms with Gasteiger partial charge in [0, 0.05) is 18.3 Å². The third-order valence-corrected chi connectivity index (χ3v) is 6.13. The quantitative estimate of drug-likeness (QED) is 0.733. The Bertz CT molecular complexity index is 771. The van der Waals surface area contributed by atoms with Gasteiger partial charge in [0.25, 0.3) is 5.91 Å². The van der Waals surface area contributed by atoms with E-state index < -0.39 is 5.60 Å². The summed E-state index contributed by atoms with van der Waals surface area (Å²) >= 11 is 1.62. The van der Waals surface area contributed by atoms with Crippen molar-refractivity contribution in [1.29, 1.82) is 0 Å². The summed E-state index contributed by atoms with van der Waals surface area (Å²) in [6.45, 7) is 7.95. The molecule has 1 amide bonds. The lowest BCUT2D eigenvalue weighted by Gasteiger charge is -2.36. The molecule has 1 fully saturated rings. The third kappa shape index (κ3) is 4.54. The van der Waals surface area contributed by atoms with E-state index in [1.807, 2.05) is 26.0 Å². The SMILES string of the molecule is CC(C)Nc1cc2ncc(C(=O)N[C@H]3CC[C@H](C(C)(C)O)CC3)cc2s1. The van der Waals surface area contributed by atoms with Crippen LogP contribution in [0.25, 0.3) is 10.2 Å². The smallest absolute Gasteiger partial charge is 0.253 e. The normalized spacial score (nSPS) is 21.2. The molecule has 1 saturated carbocycles. The molecule has 3 rings (SSSR count). The summed E-state index contributed by atoms with van der Waals surface area (Å²) in [5, 5.41) is 17.7. The lowest BCUT2D eigenvalue weighted by Crippen LogP contribution is -2.41. The second-order valence-corrected chi connectivity index (χ2v) is 9.28. The minimum atomic E-state index is -0.634. The highest BCUT2D eigenvalue weighted by molar-refractivity contribution is 7.22. The fraction of sp³-hybridized carbons (Fsp3) is 0.600. The number of nitrogens with zero attached hydrogens (tertiary/aromatic N) is 1. The zero-order chi connectivity index (χ0) is 18.9. The van der Waals surface area contributed by atoms with Gasteiger partial charge in [-0.1, -0.05) is 0 Å². The zero-order valence-corrected chi connectivity index (χ0v) is 16.8. The molecule has 0 unspecified atom stereocenters. The predicted octanol–water partition coefficient (Wildman–Crippen LogP) is 4.18. The van der Waals surface area contributed by atoms with Crippen LogP contribution in [0.15, 0.2) is 18.3 Å². The van der Waals surface area contributed by atoms with Crippen LogP contribution in [0.1, 0.15) is 63.7 Å². The molecule has 0 saturated heterocycles. The molecule has 0 aromatic carbocycles. The maximum Gasteiger partial charge on any atom is 0.253 e. The summed E-state index contributed by atoms with van der Waals surface area (Å²) in [5.74, 6) is 0.254. The Labute approximate surface area is 159 Å². The molecular formula is C20H29N3O2S. The molecule has 0 atom stereocenters. The van der Waals surface area contributed by atoms with Crippen molar-refractivity contribution >= 4 is 32.5 Å². The summed E-state index contributed by atoms with van der Waals surface area (Å²) in [4.78, 5) is 17.1. The number of carbonyl (C=O) groups is 1. The van der Waals surface area contributed by atoms with Crippen LogP contribution in [0.3, 0.4) is 0 Å². The molecule has 2 aromatic heterocycles. The molecule has 1 aliphatic carbocycles. The lowest BCUT2D eigenvalue weighted by atomic mass is 9.77. The number of anilines is 1. The van der Waals surface area contributed by atoms with E-state index in [4.69, 9.17) is 0 Å². The molecule has 0 radical (unpaired) electrons. The van der Waals surface area contributed by atoms with Crippen molar-refractivity contribution in [2.75, 3.05) is 5.32 Å². The number of aromatic nitrogens is 1. The highest BCUT2D eigenvalue weighted by Gasteiger charge is 2.31. The molecule has 0 spiro atoms. The standard InChI is InChI=1S/C20H29N3O2S/c1-12(2)22-18-10-16-17(26-18)9-13(11-21-16)19(24)23-15-7-5-14(6-8-15)20(3,4)25/h9-12,14-15,22,25H,5-8H2,1-4H3,(H,23,24)/t14-,15-. The van der Waals surface area contributed by atoms with Crippen LogP contribution in [-0.2, 0) is 0 Å². The molecule has 142 valence electrons. The van der Waals surface area contributed by atoms with Crippen LogP contribution in [-0.4, -0.2) is 33.7 Å². The monoisotopic (exact) mass is 375 g/mol. The Balaban J connectivity index is 1.63. The minimum Gasteiger partial charge on any atom is -0.390 e. The Morgan fingerprint density at radius 1 is 1.27 bits per heavy atom. The first-order valence-electron chi connectivity index (χ1n) is 9.41. The van der Waals surface area contributed by atoms with E-state index >= 15 is 0 Å². The van der Waals surface area contributed by atoms with Crippen LogP contribution in [0, 0.1) is 5.92 Å². The maximum atomic E-state index is 12.6. The Morgan fingerprint density at radius 2 is 1.96 bits per heavy atom. The van der Waals surface area contributed by atoms with Crippen molar-refractivity contribution in [3.8, 4) is 0 Å². The van der Waals surface area contributed by atoms with Crippen LogP contribution >= 0.6 is 11.3 Å². The number of fused-ring (bicyclic) bond motifs is 1. The summed E-state index contributed by atoms with van der Waals surface area (Å²) in [6, 6.07) is 4.50. The summed E-state index contributed by atoms with van der Waals surface area (Å²) in [6.07, 6.45) is 5.38. The lowest BCUT2D eigenvalue weighted by molar-refractivity contribution is -0.00257. The molecular weight excluding hydrogens is 346 g/mol. The molecule has 2 heterocycles. The van der Waals surface area contributed by atoms with Gasteiger partial charge < -0.3 is 15.7 Å². The first kappa shape index (κ1) is 19.1. The topological polar surface area (TPSA) is 74.2 Å². The number of amides is 1. The summed E-state index contributed by atoms with van der Waals surface area (Å²) in [5.41, 5.74) is 0.894. The van der Waals surface area contributed by atoms with E-state index in [0.717, 1.165) is 40.9 Å². The Kier molecular flexibility index (Phi) is 5.53. The van der Waals surface area contributed by atoms with Gasteiger partial charge in [-0.25, -0.2) is 0 Å². The van der Waals surface area contributed by atoms with Gasteiger partial charge in [0.2, 0.25) is 0 Å². The van der Waals surface area contributed by atoms with Gasteiger partial charge in [0.1, 0.15) is 0 Å². The largest absolute Gasteiger partial charge is 0.390 e. The van der Waals surface area contributed by atoms with E-state index in [1.54, 1.807) is 17.5 Å². The number of hydrogen-bond donors (Lipinski definition) is 3. The minimum absolute atomic E-state index is 0.0575. The van der Waals surface area contributed by atoms with Crippen LogP contribution < -0.4 is 10.6 Å². The molecule has 3 N–H and O–H groups in total. The van der Waals surface area contributed by atoms with Crippen molar-refractivity contribution in [2.45, 2.75) is 71.1 Å². The predicted molar refractivity (Wildman–Crippen MR) is 108 cm³/mol. The zero-order valence-electron chi connectivity index (χ0n) is 16.0. The Hall–Kier alpha value is -1.66. The number of pyridine rings is 1. The second-order valence-electron chi connectivity index (χ2n) is 8.19. The second kappa shape index (κ2) is 7.53. The molecule has 2 aromatic rings. The Morgan fingerprint density at radius 3 is 2.58 bits per heavy atom. The average Bonchev–Trinajstić information content (AvgIpc) is 2.94. The highest BCUT2D eigenvalue weighted by Crippen LogP contribution is 2.33. The fourth-order valence-corrected chi connectivity index (χ4v) is 4.71.